The van der Waals surface area contributed by atoms with Gasteiger partial charge in [0.1, 0.15) is 6.61 Å². The van der Waals surface area contributed by atoms with E-state index in [9.17, 15) is 13.6 Å². The maximum Gasteiger partial charge on any atom is 0.407 e. The smallest absolute Gasteiger partial charge is 0.407 e. The average Bonchev–Trinajstić information content (AvgIpc) is 2.24. The molecule has 0 radical (unpaired) electrons. The first kappa shape index (κ1) is 12.7. The molecule has 0 heterocycles. The number of carbonyl (C=O) groups excluding carboxylic acids is 1. The van der Waals surface area contributed by atoms with Gasteiger partial charge < -0.3 is 10.1 Å². The Morgan fingerprint density at radius 3 is 2.88 bits per heavy atom. The molecule has 0 aromatic carbocycles. The van der Waals surface area contributed by atoms with Gasteiger partial charge >= 0.3 is 6.09 Å². The number of hydrogen-bond acceptors (Lipinski definition) is 2. The molecule has 1 aliphatic rings. The molecule has 0 spiro atoms. The van der Waals surface area contributed by atoms with E-state index in [0.29, 0.717) is 0 Å². The minimum atomic E-state index is -2.91. The third-order valence-corrected chi connectivity index (χ3v) is 1.98. The number of carbonyl (C=O) groups is 1. The fraction of sp³-hybridized carbons (Fsp3) is 0.545. The molecule has 1 amide bonds. The number of amides is 1. The molecule has 1 rings (SSSR count). The van der Waals surface area contributed by atoms with Gasteiger partial charge in [-0.15, -0.1) is 0 Å². The van der Waals surface area contributed by atoms with Gasteiger partial charge in [-0.25, -0.2) is 13.6 Å². The van der Waals surface area contributed by atoms with Crippen molar-refractivity contribution in [3.05, 3.63) is 23.8 Å². The minimum Gasteiger partial charge on any atom is -0.445 e. The summed E-state index contributed by atoms with van der Waals surface area (Å²) in [5, 5.41) is 2.00. The molecule has 0 unspecified atom stereocenters. The molecule has 0 saturated heterocycles. The number of alkyl halides is 2. The Bertz CT molecular complexity index is 306. The standard InChI is InChI=1S/C11H15F2NO2/c1-11(12,13)8-14-10(15)16-7-9-5-3-2-4-6-9/h3,5-6H,2,4,7-8H2,1H3,(H,14,15). The van der Waals surface area contributed by atoms with Crippen LogP contribution < -0.4 is 5.32 Å². The molecule has 0 atom stereocenters. The third-order valence-electron chi connectivity index (χ3n) is 1.98. The van der Waals surface area contributed by atoms with Gasteiger partial charge in [0.2, 0.25) is 0 Å². The Balaban J connectivity index is 2.20. The van der Waals surface area contributed by atoms with Gasteiger partial charge in [-0.05, 0) is 18.4 Å². The summed E-state index contributed by atoms with van der Waals surface area (Å²) >= 11 is 0. The predicted molar refractivity (Wildman–Crippen MR) is 56.4 cm³/mol. The van der Waals surface area contributed by atoms with Gasteiger partial charge in [-0.3, -0.25) is 0 Å². The van der Waals surface area contributed by atoms with Crippen LogP contribution in [0.15, 0.2) is 23.8 Å². The first-order valence-corrected chi connectivity index (χ1v) is 5.11. The zero-order valence-corrected chi connectivity index (χ0v) is 9.13. The van der Waals surface area contributed by atoms with Crippen molar-refractivity contribution in [2.45, 2.75) is 25.7 Å². The van der Waals surface area contributed by atoms with Crippen LogP contribution in [0.25, 0.3) is 0 Å². The quantitative estimate of drug-likeness (QED) is 0.807. The Morgan fingerprint density at radius 2 is 2.31 bits per heavy atom. The lowest BCUT2D eigenvalue weighted by atomic mass is 10.1. The highest BCUT2D eigenvalue weighted by atomic mass is 19.3. The number of halogens is 2. The Hall–Kier alpha value is -1.39. The normalized spacial score (nSPS) is 15.6. The van der Waals surface area contributed by atoms with Crippen LogP contribution in [0.2, 0.25) is 0 Å². The van der Waals surface area contributed by atoms with Gasteiger partial charge in [0, 0.05) is 6.92 Å². The molecule has 1 N–H and O–H groups in total. The maximum atomic E-state index is 12.4. The maximum absolute atomic E-state index is 12.4. The van der Waals surface area contributed by atoms with E-state index in [1.54, 1.807) is 0 Å². The van der Waals surface area contributed by atoms with Crippen LogP contribution in [0.3, 0.4) is 0 Å². The first-order valence-electron chi connectivity index (χ1n) is 5.11. The monoisotopic (exact) mass is 231 g/mol. The zero-order chi connectivity index (χ0) is 12.0. The Kier molecular flexibility index (Phi) is 4.46. The molecule has 0 aliphatic heterocycles. The lowest BCUT2D eigenvalue weighted by Crippen LogP contribution is -2.35. The first-order chi connectivity index (χ1) is 7.47. The lowest BCUT2D eigenvalue weighted by molar-refractivity contribution is 0.0218. The van der Waals surface area contributed by atoms with Crippen molar-refractivity contribution >= 4 is 6.09 Å². The van der Waals surface area contributed by atoms with Crippen molar-refractivity contribution in [2.24, 2.45) is 0 Å². The lowest BCUT2D eigenvalue weighted by Gasteiger charge is -2.12. The summed E-state index contributed by atoms with van der Waals surface area (Å²) in [7, 11) is 0. The van der Waals surface area contributed by atoms with Crippen molar-refractivity contribution in [3.8, 4) is 0 Å². The number of allylic oxidation sites excluding steroid dienone is 2. The second-order valence-corrected chi connectivity index (χ2v) is 3.76. The third kappa shape index (κ3) is 5.48. The van der Waals surface area contributed by atoms with Crippen molar-refractivity contribution in [1.29, 1.82) is 0 Å². The molecule has 0 aromatic heterocycles. The summed E-state index contributed by atoms with van der Waals surface area (Å²) < 4.78 is 29.5. The zero-order valence-electron chi connectivity index (χ0n) is 9.13. The van der Waals surface area contributed by atoms with E-state index < -0.39 is 18.6 Å². The summed E-state index contributed by atoms with van der Waals surface area (Å²) in [5.74, 6) is -2.91. The van der Waals surface area contributed by atoms with E-state index >= 15 is 0 Å². The molecule has 0 fully saturated rings. The van der Waals surface area contributed by atoms with E-state index in [1.165, 1.54) is 0 Å². The fourth-order valence-electron chi connectivity index (χ4n) is 1.20. The molecule has 5 heteroatoms. The molecule has 16 heavy (non-hydrogen) atoms. The molecule has 0 bridgehead atoms. The van der Waals surface area contributed by atoms with Gasteiger partial charge in [-0.2, -0.15) is 0 Å². The number of alkyl carbamates (subject to hydrolysis) is 1. The summed E-state index contributed by atoms with van der Waals surface area (Å²) in [6.07, 6.45) is 6.90. The molecule has 0 saturated carbocycles. The second kappa shape index (κ2) is 5.63. The molecular formula is C11H15F2NO2. The molecular weight excluding hydrogens is 216 g/mol. The van der Waals surface area contributed by atoms with Crippen LogP contribution >= 0.6 is 0 Å². The highest BCUT2D eigenvalue weighted by molar-refractivity contribution is 5.67. The van der Waals surface area contributed by atoms with Crippen LogP contribution in [-0.2, 0) is 4.74 Å². The molecule has 3 nitrogen and oxygen atoms in total. The van der Waals surface area contributed by atoms with Gasteiger partial charge in [0.15, 0.2) is 0 Å². The van der Waals surface area contributed by atoms with Crippen LogP contribution in [0, 0.1) is 0 Å². The number of rotatable bonds is 4. The summed E-state index contributed by atoms with van der Waals surface area (Å²) in [6, 6.07) is 0. The molecule has 90 valence electrons. The van der Waals surface area contributed by atoms with Gasteiger partial charge in [-0.1, -0.05) is 18.2 Å². The summed E-state index contributed by atoms with van der Waals surface area (Å²) in [6.45, 7) is 0.151. The van der Waals surface area contributed by atoms with E-state index in [4.69, 9.17) is 4.74 Å². The van der Waals surface area contributed by atoms with E-state index in [2.05, 4.69) is 0 Å². The van der Waals surface area contributed by atoms with Crippen molar-refractivity contribution in [3.63, 3.8) is 0 Å². The summed E-state index contributed by atoms with van der Waals surface area (Å²) in [4.78, 5) is 11.0. The van der Waals surface area contributed by atoms with E-state index in [1.807, 2.05) is 23.5 Å². The van der Waals surface area contributed by atoms with Crippen molar-refractivity contribution in [1.82, 2.24) is 5.32 Å². The largest absolute Gasteiger partial charge is 0.445 e. The summed E-state index contributed by atoms with van der Waals surface area (Å²) in [5.41, 5.74) is 0.893. The molecule has 0 aromatic rings. The topological polar surface area (TPSA) is 38.3 Å². The SMILES string of the molecule is CC(F)(F)CNC(=O)OCC1=CCCC=C1. The number of hydrogen-bond donors (Lipinski definition) is 1. The molecule has 1 aliphatic carbocycles. The second-order valence-electron chi connectivity index (χ2n) is 3.76. The fourth-order valence-corrected chi connectivity index (χ4v) is 1.20. The highest BCUT2D eigenvalue weighted by Gasteiger charge is 2.22. The number of nitrogens with one attached hydrogen (secondary N) is 1. The van der Waals surface area contributed by atoms with Crippen LogP contribution in [-0.4, -0.2) is 25.2 Å². The predicted octanol–water partition coefficient (Wildman–Crippen LogP) is 2.64. The van der Waals surface area contributed by atoms with E-state index in [-0.39, 0.29) is 6.61 Å². The Labute approximate surface area is 93.2 Å². The minimum absolute atomic E-state index is 0.123. The van der Waals surface area contributed by atoms with E-state index in [0.717, 1.165) is 25.3 Å². The highest BCUT2D eigenvalue weighted by Crippen LogP contribution is 2.10. The number of ether oxygens (including phenoxy) is 1. The average molecular weight is 231 g/mol. The van der Waals surface area contributed by atoms with Crippen LogP contribution in [0.4, 0.5) is 13.6 Å². The van der Waals surface area contributed by atoms with Crippen molar-refractivity contribution < 1.29 is 18.3 Å². The van der Waals surface area contributed by atoms with Crippen LogP contribution in [0.1, 0.15) is 19.8 Å². The Morgan fingerprint density at radius 1 is 1.56 bits per heavy atom. The van der Waals surface area contributed by atoms with Gasteiger partial charge in [0.25, 0.3) is 5.92 Å². The van der Waals surface area contributed by atoms with Crippen molar-refractivity contribution in [2.75, 3.05) is 13.2 Å². The van der Waals surface area contributed by atoms with Gasteiger partial charge in [0.05, 0.1) is 6.54 Å². The van der Waals surface area contributed by atoms with Crippen LogP contribution in [0.5, 0.6) is 0 Å².